The van der Waals surface area contributed by atoms with Crippen molar-refractivity contribution in [1.82, 2.24) is 20.1 Å². The normalized spacial score (nSPS) is 20.4. The molecule has 136 valence electrons. The van der Waals surface area contributed by atoms with Crippen LogP contribution in [0.1, 0.15) is 34.9 Å². The molecule has 2 N–H and O–H groups in total. The van der Waals surface area contributed by atoms with Crippen LogP contribution < -0.4 is 10.6 Å². The minimum Gasteiger partial charge on any atom is -0.382 e. The summed E-state index contributed by atoms with van der Waals surface area (Å²) in [6.45, 7) is 3.48. The zero-order valence-electron chi connectivity index (χ0n) is 14.5. The molecule has 2 aromatic heterocycles. The van der Waals surface area contributed by atoms with Gasteiger partial charge in [0, 0.05) is 25.8 Å². The van der Waals surface area contributed by atoms with Gasteiger partial charge < -0.3 is 20.3 Å². The topological polar surface area (TPSA) is 97.5 Å². The molecular formula is C18H22N6O2. The largest absolute Gasteiger partial charge is 0.382 e. The number of aromatic nitrogens is 3. The van der Waals surface area contributed by atoms with Gasteiger partial charge >= 0.3 is 0 Å². The Morgan fingerprint density at radius 3 is 2.77 bits per heavy atom. The van der Waals surface area contributed by atoms with E-state index >= 15 is 0 Å². The number of nitrogen functional groups attached to an aromatic ring is 1. The Kier molecular flexibility index (Phi) is 4.66. The van der Waals surface area contributed by atoms with Gasteiger partial charge in [0.1, 0.15) is 11.6 Å². The summed E-state index contributed by atoms with van der Waals surface area (Å²) in [4.78, 5) is 21.8. The Hall–Kier alpha value is -2.74. The third-order valence-electron chi connectivity index (χ3n) is 4.89. The van der Waals surface area contributed by atoms with Crippen molar-refractivity contribution in [2.75, 3.05) is 43.5 Å². The minimum absolute atomic E-state index is 0.0132. The summed E-state index contributed by atoms with van der Waals surface area (Å²) in [6.07, 6.45) is 3.54. The van der Waals surface area contributed by atoms with Crippen LogP contribution in [-0.4, -0.2) is 58.8 Å². The van der Waals surface area contributed by atoms with E-state index in [4.69, 9.17) is 10.5 Å². The first-order chi connectivity index (χ1) is 12.7. The van der Waals surface area contributed by atoms with Crippen molar-refractivity contribution in [3.63, 3.8) is 0 Å². The van der Waals surface area contributed by atoms with Gasteiger partial charge in [-0.25, -0.2) is 4.98 Å². The average molecular weight is 354 g/mol. The number of morpholine rings is 1. The quantitative estimate of drug-likeness (QED) is 0.886. The predicted molar refractivity (Wildman–Crippen MR) is 96.7 cm³/mol. The Morgan fingerprint density at radius 1 is 1.15 bits per heavy atom. The predicted octanol–water partition coefficient (Wildman–Crippen LogP) is 1.27. The molecule has 2 aromatic rings. The lowest BCUT2D eigenvalue weighted by Crippen LogP contribution is -2.39. The fourth-order valence-electron chi connectivity index (χ4n) is 3.59. The van der Waals surface area contributed by atoms with Crippen molar-refractivity contribution in [3.8, 4) is 0 Å². The number of hydrogen-bond donors (Lipinski definition) is 1. The number of pyridine rings is 1. The monoisotopic (exact) mass is 354 g/mol. The van der Waals surface area contributed by atoms with Crippen LogP contribution in [0.5, 0.6) is 0 Å². The zero-order valence-corrected chi connectivity index (χ0v) is 14.5. The maximum absolute atomic E-state index is 13.3. The molecule has 1 amide bonds. The number of ether oxygens (including phenoxy) is 1. The smallest absolute Gasteiger partial charge is 0.258 e. The maximum atomic E-state index is 13.3. The van der Waals surface area contributed by atoms with E-state index in [0.717, 1.165) is 37.4 Å². The first-order valence-corrected chi connectivity index (χ1v) is 8.92. The Balaban J connectivity index is 1.61. The fraction of sp³-hybridized carbons (Fsp3) is 0.444. The summed E-state index contributed by atoms with van der Waals surface area (Å²) in [6, 6.07) is 7.17. The standard InChI is InChI=1S/C18H22N6O2/c19-16-6-5-14(21-22-16)15-4-2-8-24(15)18(25)13-3-1-7-20-17(13)23-9-11-26-12-10-23/h1,3,5-7,15H,2,4,8-12H2,(H2,19,22). The Morgan fingerprint density at radius 2 is 2.00 bits per heavy atom. The third-order valence-corrected chi connectivity index (χ3v) is 4.89. The van der Waals surface area contributed by atoms with Crippen molar-refractivity contribution in [1.29, 1.82) is 0 Å². The van der Waals surface area contributed by atoms with Gasteiger partial charge in [0.25, 0.3) is 5.91 Å². The van der Waals surface area contributed by atoms with Crippen molar-refractivity contribution >= 4 is 17.5 Å². The molecule has 8 nitrogen and oxygen atoms in total. The van der Waals surface area contributed by atoms with Crippen LogP contribution in [0.2, 0.25) is 0 Å². The summed E-state index contributed by atoms with van der Waals surface area (Å²) in [5.74, 6) is 1.10. The second kappa shape index (κ2) is 7.25. The molecule has 8 heteroatoms. The maximum Gasteiger partial charge on any atom is 0.258 e. The third kappa shape index (κ3) is 3.20. The van der Waals surface area contributed by atoms with Gasteiger partial charge in [0.15, 0.2) is 0 Å². The molecule has 0 aliphatic carbocycles. The van der Waals surface area contributed by atoms with Gasteiger partial charge in [-0.3, -0.25) is 4.79 Å². The first-order valence-electron chi connectivity index (χ1n) is 8.92. The van der Waals surface area contributed by atoms with Crippen molar-refractivity contribution < 1.29 is 9.53 Å². The second-order valence-corrected chi connectivity index (χ2v) is 6.51. The van der Waals surface area contributed by atoms with E-state index in [0.29, 0.717) is 31.1 Å². The second-order valence-electron chi connectivity index (χ2n) is 6.51. The highest BCUT2D eigenvalue weighted by atomic mass is 16.5. The Bertz CT molecular complexity index is 776. The molecule has 4 rings (SSSR count). The molecule has 2 saturated heterocycles. The van der Waals surface area contributed by atoms with Crippen LogP contribution >= 0.6 is 0 Å². The number of likely N-dealkylation sites (tertiary alicyclic amines) is 1. The molecule has 0 spiro atoms. The van der Waals surface area contributed by atoms with Gasteiger partial charge in [-0.15, -0.1) is 5.10 Å². The molecule has 2 aliphatic heterocycles. The number of rotatable bonds is 3. The number of carbonyl (C=O) groups excluding carboxylic acids is 1. The molecule has 0 radical (unpaired) electrons. The molecule has 0 aromatic carbocycles. The van der Waals surface area contributed by atoms with Crippen LogP contribution in [0.4, 0.5) is 11.6 Å². The molecule has 1 unspecified atom stereocenters. The molecule has 26 heavy (non-hydrogen) atoms. The van der Waals surface area contributed by atoms with E-state index in [1.807, 2.05) is 23.1 Å². The van der Waals surface area contributed by atoms with Crippen molar-refractivity contribution in [2.24, 2.45) is 0 Å². The first kappa shape index (κ1) is 16.7. The molecular weight excluding hydrogens is 332 g/mol. The molecule has 0 bridgehead atoms. The Labute approximate surface area is 152 Å². The SMILES string of the molecule is Nc1ccc(C2CCCN2C(=O)c2cccnc2N2CCOCC2)nn1. The lowest BCUT2D eigenvalue weighted by atomic mass is 10.1. The van der Waals surface area contributed by atoms with Gasteiger partial charge in [-0.2, -0.15) is 5.10 Å². The van der Waals surface area contributed by atoms with Gasteiger partial charge in [-0.1, -0.05) is 0 Å². The number of anilines is 2. The highest BCUT2D eigenvalue weighted by molar-refractivity contribution is 5.99. The van der Waals surface area contributed by atoms with E-state index in [9.17, 15) is 4.79 Å². The highest BCUT2D eigenvalue weighted by Crippen LogP contribution is 2.33. The number of amides is 1. The molecule has 4 heterocycles. The van der Waals surface area contributed by atoms with E-state index in [1.165, 1.54) is 0 Å². The number of nitrogens with two attached hydrogens (primary N) is 1. The molecule has 2 aliphatic rings. The minimum atomic E-state index is -0.0756. The van der Waals surface area contributed by atoms with Crippen LogP contribution in [0.3, 0.4) is 0 Å². The van der Waals surface area contributed by atoms with Crippen LogP contribution in [0.15, 0.2) is 30.5 Å². The summed E-state index contributed by atoms with van der Waals surface area (Å²) < 4.78 is 5.42. The fourth-order valence-corrected chi connectivity index (χ4v) is 3.59. The van der Waals surface area contributed by atoms with E-state index in [1.54, 1.807) is 12.3 Å². The van der Waals surface area contributed by atoms with Gasteiger partial charge in [-0.05, 0) is 37.1 Å². The van der Waals surface area contributed by atoms with Gasteiger partial charge in [0.2, 0.25) is 0 Å². The van der Waals surface area contributed by atoms with Gasteiger partial charge in [0.05, 0.1) is 30.5 Å². The molecule has 0 saturated carbocycles. The average Bonchev–Trinajstić information content (AvgIpc) is 3.18. The van der Waals surface area contributed by atoms with Crippen molar-refractivity contribution in [2.45, 2.75) is 18.9 Å². The lowest BCUT2D eigenvalue weighted by molar-refractivity contribution is 0.0731. The summed E-state index contributed by atoms with van der Waals surface area (Å²) >= 11 is 0. The lowest BCUT2D eigenvalue weighted by Gasteiger charge is -2.31. The number of hydrogen-bond acceptors (Lipinski definition) is 7. The van der Waals surface area contributed by atoms with Crippen LogP contribution in [0.25, 0.3) is 0 Å². The molecule has 2 fully saturated rings. The highest BCUT2D eigenvalue weighted by Gasteiger charge is 2.33. The van der Waals surface area contributed by atoms with E-state index < -0.39 is 0 Å². The summed E-state index contributed by atoms with van der Waals surface area (Å²) in [7, 11) is 0. The molecule has 1 atom stereocenters. The zero-order chi connectivity index (χ0) is 17.9. The number of nitrogens with zero attached hydrogens (tertiary/aromatic N) is 5. The van der Waals surface area contributed by atoms with E-state index in [-0.39, 0.29) is 11.9 Å². The number of carbonyl (C=O) groups is 1. The van der Waals surface area contributed by atoms with E-state index in [2.05, 4.69) is 20.1 Å². The van der Waals surface area contributed by atoms with Crippen LogP contribution in [0, 0.1) is 0 Å². The van der Waals surface area contributed by atoms with Crippen molar-refractivity contribution in [3.05, 3.63) is 41.7 Å². The van der Waals surface area contributed by atoms with Crippen LogP contribution in [-0.2, 0) is 4.74 Å². The summed E-state index contributed by atoms with van der Waals surface area (Å²) in [5.41, 5.74) is 7.04. The summed E-state index contributed by atoms with van der Waals surface area (Å²) in [5, 5.41) is 8.12.